The van der Waals surface area contributed by atoms with Gasteiger partial charge in [0.25, 0.3) is 0 Å². The molecule has 0 atom stereocenters. The van der Waals surface area contributed by atoms with Gasteiger partial charge < -0.3 is 9.47 Å². The number of allylic oxidation sites excluding steroid dienone is 1. The van der Waals surface area contributed by atoms with Gasteiger partial charge in [0.15, 0.2) is 11.0 Å². The van der Waals surface area contributed by atoms with Crippen molar-refractivity contribution < 1.29 is 9.47 Å². The van der Waals surface area contributed by atoms with Gasteiger partial charge in [0, 0.05) is 28.3 Å². The number of nitrogens with zero attached hydrogens (tertiary/aromatic N) is 4. The van der Waals surface area contributed by atoms with Gasteiger partial charge in [-0.05, 0) is 48.5 Å². The Morgan fingerprint density at radius 1 is 1.09 bits per heavy atom. The average molecular weight is 485 g/mol. The third kappa shape index (κ3) is 5.51. The highest BCUT2D eigenvalue weighted by molar-refractivity contribution is 7.98. The molecule has 0 amide bonds. The molecule has 0 radical (unpaired) electrons. The average Bonchev–Trinajstić information content (AvgIpc) is 3.45. The number of thioether (sulfide) groups is 1. The lowest BCUT2D eigenvalue weighted by molar-refractivity contribution is 0.289. The van der Waals surface area contributed by atoms with Gasteiger partial charge >= 0.3 is 0 Å². The zero-order valence-corrected chi connectivity index (χ0v) is 19.8. The topological polar surface area (TPSA) is 62.1 Å². The van der Waals surface area contributed by atoms with E-state index in [9.17, 15) is 0 Å². The van der Waals surface area contributed by atoms with Crippen LogP contribution in [0, 0.1) is 0 Å². The number of benzene rings is 2. The number of ether oxygens (including phenoxy) is 2. The van der Waals surface area contributed by atoms with Crippen LogP contribution in [0.1, 0.15) is 11.5 Å². The van der Waals surface area contributed by atoms with Gasteiger partial charge in [-0.15, -0.1) is 28.1 Å². The van der Waals surface area contributed by atoms with E-state index < -0.39 is 0 Å². The van der Waals surface area contributed by atoms with Crippen LogP contribution < -0.4 is 9.47 Å². The maximum absolute atomic E-state index is 5.93. The van der Waals surface area contributed by atoms with Crippen molar-refractivity contribution in [3.63, 3.8) is 0 Å². The smallest absolute Gasteiger partial charge is 0.191 e. The predicted molar refractivity (Wildman–Crippen MR) is 130 cm³/mol. The Balaban J connectivity index is 1.41. The van der Waals surface area contributed by atoms with Crippen molar-refractivity contribution in [2.45, 2.75) is 24.1 Å². The summed E-state index contributed by atoms with van der Waals surface area (Å²) in [6.07, 6.45) is 1.82. The van der Waals surface area contributed by atoms with Crippen molar-refractivity contribution in [1.82, 2.24) is 19.7 Å². The zero-order chi connectivity index (χ0) is 22.3. The normalized spacial score (nSPS) is 10.8. The second-order valence-electron chi connectivity index (χ2n) is 6.70. The number of halogens is 1. The van der Waals surface area contributed by atoms with Gasteiger partial charge in [-0.2, -0.15) is 0 Å². The van der Waals surface area contributed by atoms with Gasteiger partial charge in [-0.25, -0.2) is 4.98 Å². The van der Waals surface area contributed by atoms with Crippen molar-refractivity contribution in [3.8, 4) is 22.1 Å². The first kappa shape index (κ1) is 22.4. The fourth-order valence-corrected chi connectivity index (χ4v) is 4.82. The van der Waals surface area contributed by atoms with Crippen LogP contribution in [-0.4, -0.2) is 26.9 Å². The van der Waals surface area contributed by atoms with Crippen molar-refractivity contribution in [2.75, 3.05) is 7.11 Å². The molecule has 0 N–H and O–H groups in total. The minimum Gasteiger partial charge on any atom is -0.497 e. The lowest BCUT2D eigenvalue weighted by atomic mass is 10.2. The molecule has 0 bridgehead atoms. The molecule has 0 aliphatic heterocycles. The first-order valence-corrected chi connectivity index (χ1v) is 12.0. The van der Waals surface area contributed by atoms with E-state index in [1.807, 2.05) is 47.0 Å². The molecule has 4 rings (SSSR count). The molecular formula is C23H21ClN4O2S2. The van der Waals surface area contributed by atoms with Crippen LogP contribution >= 0.6 is 34.7 Å². The van der Waals surface area contributed by atoms with E-state index >= 15 is 0 Å². The van der Waals surface area contributed by atoms with Crippen molar-refractivity contribution in [3.05, 3.63) is 83.1 Å². The van der Waals surface area contributed by atoms with E-state index in [2.05, 4.69) is 22.2 Å². The highest BCUT2D eigenvalue weighted by Gasteiger charge is 2.14. The van der Waals surface area contributed by atoms with Crippen LogP contribution in [0.4, 0.5) is 0 Å². The van der Waals surface area contributed by atoms with E-state index in [-0.39, 0.29) is 0 Å². The second kappa shape index (κ2) is 10.7. The molecule has 32 heavy (non-hydrogen) atoms. The highest BCUT2D eigenvalue weighted by atomic mass is 35.5. The molecule has 4 aromatic rings. The number of aromatic nitrogens is 4. The number of methoxy groups -OCH3 is 1. The Bertz CT molecular complexity index is 1170. The molecule has 0 unspecified atom stereocenters. The Kier molecular flexibility index (Phi) is 7.47. The molecule has 2 aromatic heterocycles. The number of rotatable bonds is 10. The van der Waals surface area contributed by atoms with Crippen molar-refractivity contribution in [1.29, 1.82) is 0 Å². The first-order chi connectivity index (χ1) is 15.7. The maximum Gasteiger partial charge on any atom is 0.191 e. The summed E-state index contributed by atoms with van der Waals surface area (Å²) >= 11 is 9.14. The molecule has 0 aliphatic carbocycles. The number of thiazole rings is 1. The fourth-order valence-electron chi connectivity index (χ4n) is 2.90. The van der Waals surface area contributed by atoms with E-state index in [4.69, 9.17) is 26.1 Å². The van der Waals surface area contributed by atoms with E-state index in [0.717, 1.165) is 38.7 Å². The quantitative estimate of drug-likeness (QED) is 0.199. The molecule has 2 aromatic carbocycles. The highest BCUT2D eigenvalue weighted by Crippen LogP contribution is 2.29. The summed E-state index contributed by atoms with van der Waals surface area (Å²) in [7, 11) is 1.66. The van der Waals surface area contributed by atoms with Gasteiger partial charge in [0.1, 0.15) is 23.1 Å². The molecule has 2 heterocycles. The van der Waals surface area contributed by atoms with E-state index in [1.54, 1.807) is 42.3 Å². The predicted octanol–water partition coefficient (Wildman–Crippen LogP) is 6.12. The summed E-state index contributed by atoms with van der Waals surface area (Å²) in [5.41, 5.74) is 2.07. The second-order valence-corrected chi connectivity index (χ2v) is 8.94. The molecule has 9 heteroatoms. The Hall–Kier alpha value is -2.81. The summed E-state index contributed by atoms with van der Waals surface area (Å²) in [5.74, 6) is 2.99. The van der Waals surface area contributed by atoms with Crippen LogP contribution in [0.25, 0.3) is 10.6 Å². The van der Waals surface area contributed by atoms with Crippen LogP contribution in [0.15, 0.2) is 71.7 Å². The van der Waals surface area contributed by atoms with E-state index in [1.165, 1.54) is 0 Å². The van der Waals surface area contributed by atoms with E-state index in [0.29, 0.717) is 23.9 Å². The van der Waals surface area contributed by atoms with Gasteiger partial charge in [-0.3, -0.25) is 4.57 Å². The molecule has 6 nitrogen and oxygen atoms in total. The van der Waals surface area contributed by atoms with Crippen LogP contribution in [0.3, 0.4) is 0 Å². The fraction of sp³-hybridized carbons (Fsp3) is 0.174. The van der Waals surface area contributed by atoms with Crippen LogP contribution in [0.5, 0.6) is 11.5 Å². The molecule has 0 spiro atoms. The first-order valence-electron chi connectivity index (χ1n) is 9.79. The SMILES string of the molecule is C=CCn1c(COc2ccc(Cl)cc2)nnc1SCc1csc(-c2ccc(OC)cc2)n1. The summed E-state index contributed by atoms with van der Waals surface area (Å²) in [5, 5.41) is 13.2. The third-order valence-corrected chi connectivity index (χ3v) is 6.72. The van der Waals surface area contributed by atoms with Gasteiger partial charge in [-0.1, -0.05) is 29.4 Å². The summed E-state index contributed by atoms with van der Waals surface area (Å²) in [6.45, 7) is 4.76. The molecular weight excluding hydrogens is 464 g/mol. The Morgan fingerprint density at radius 2 is 1.84 bits per heavy atom. The molecule has 0 saturated heterocycles. The zero-order valence-electron chi connectivity index (χ0n) is 17.4. The maximum atomic E-state index is 5.93. The van der Waals surface area contributed by atoms with Crippen molar-refractivity contribution in [2.24, 2.45) is 0 Å². The molecule has 164 valence electrons. The Morgan fingerprint density at radius 3 is 2.56 bits per heavy atom. The van der Waals surface area contributed by atoms with Crippen molar-refractivity contribution >= 4 is 34.7 Å². The molecule has 0 saturated carbocycles. The number of hydrogen-bond donors (Lipinski definition) is 0. The molecule has 0 aliphatic rings. The summed E-state index contributed by atoms with van der Waals surface area (Å²) in [4.78, 5) is 4.76. The van der Waals surface area contributed by atoms with Gasteiger partial charge in [0.2, 0.25) is 0 Å². The minimum atomic E-state index is 0.307. The lowest BCUT2D eigenvalue weighted by Gasteiger charge is -2.09. The molecule has 0 fully saturated rings. The van der Waals surface area contributed by atoms with Gasteiger partial charge in [0.05, 0.1) is 12.8 Å². The largest absolute Gasteiger partial charge is 0.497 e. The number of hydrogen-bond acceptors (Lipinski definition) is 7. The van der Waals surface area contributed by atoms with Crippen LogP contribution in [-0.2, 0) is 18.9 Å². The summed E-state index contributed by atoms with van der Waals surface area (Å²) < 4.78 is 13.1. The summed E-state index contributed by atoms with van der Waals surface area (Å²) in [6, 6.07) is 15.2. The Labute approximate surface area is 199 Å². The third-order valence-electron chi connectivity index (χ3n) is 4.52. The van der Waals surface area contributed by atoms with Crippen LogP contribution in [0.2, 0.25) is 5.02 Å². The lowest BCUT2D eigenvalue weighted by Crippen LogP contribution is -2.07. The monoisotopic (exact) mass is 484 g/mol. The minimum absolute atomic E-state index is 0.307. The standard InChI is InChI=1S/C23H21ClN4O2S2/c1-3-12-28-21(13-30-20-10-6-17(24)7-11-20)26-27-23(28)32-15-18-14-31-22(25-18)16-4-8-19(29-2)9-5-16/h3-11,14H,1,12-13,15H2,2H3.